The Kier molecular flexibility index (Phi) is 5.19. The molecule has 3 fully saturated rings. The quantitative estimate of drug-likeness (QED) is 0.699. The first-order valence-electron chi connectivity index (χ1n) is 9.99. The summed E-state index contributed by atoms with van der Waals surface area (Å²) in [5.41, 5.74) is 1.61. The third kappa shape index (κ3) is 3.80. The standard InChI is InChI=1S/C22H26F2N2O3/c1-13(27)29-21(16-6-8-25-19-5-4-15(28-3)11-17(16)19)20-10-14-7-9-26(20)12-18(14)22(2,23)24/h4-6,8,11,14,18,20-21H,7,9-10,12H2,1-3H3/t14-,18+,20-,21+/m0/s1. The van der Waals surface area contributed by atoms with Crippen LogP contribution in [0, 0.1) is 11.8 Å². The molecule has 0 spiro atoms. The number of methoxy groups -OCH3 is 1. The summed E-state index contributed by atoms with van der Waals surface area (Å²) in [6.45, 7) is 3.46. The number of hydrogen-bond donors (Lipinski definition) is 0. The van der Waals surface area contributed by atoms with E-state index < -0.39 is 17.9 Å². The number of carbonyl (C=O) groups excluding carboxylic acids is 1. The first-order valence-corrected chi connectivity index (χ1v) is 9.99. The first kappa shape index (κ1) is 20.0. The van der Waals surface area contributed by atoms with Crippen molar-refractivity contribution >= 4 is 16.9 Å². The number of benzene rings is 1. The molecule has 156 valence electrons. The summed E-state index contributed by atoms with van der Waals surface area (Å²) in [4.78, 5) is 18.4. The Balaban J connectivity index is 1.74. The number of hydrogen-bond acceptors (Lipinski definition) is 5. The molecule has 3 aliphatic heterocycles. The van der Waals surface area contributed by atoms with Crippen LogP contribution in [0.5, 0.6) is 5.75 Å². The number of carbonyl (C=O) groups is 1. The van der Waals surface area contributed by atoms with Crippen LogP contribution in [0.15, 0.2) is 30.5 Å². The van der Waals surface area contributed by atoms with E-state index in [0.717, 1.165) is 36.4 Å². The molecule has 0 saturated carbocycles. The molecule has 5 nitrogen and oxygen atoms in total. The molecule has 0 N–H and O–H groups in total. The zero-order valence-corrected chi connectivity index (χ0v) is 16.9. The molecule has 3 saturated heterocycles. The van der Waals surface area contributed by atoms with Crippen LogP contribution in [0.2, 0.25) is 0 Å². The first-order chi connectivity index (χ1) is 13.8. The highest BCUT2D eigenvalue weighted by atomic mass is 19.3. The smallest absolute Gasteiger partial charge is 0.303 e. The van der Waals surface area contributed by atoms with Gasteiger partial charge in [-0.3, -0.25) is 14.7 Å². The van der Waals surface area contributed by atoms with Crippen molar-refractivity contribution in [3.63, 3.8) is 0 Å². The molecular formula is C22H26F2N2O3. The molecule has 1 aromatic carbocycles. The van der Waals surface area contributed by atoms with Crippen LogP contribution in [0.1, 0.15) is 38.4 Å². The monoisotopic (exact) mass is 404 g/mol. The molecule has 5 rings (SSSR count). The topological polar surface area (TPSA) is 51.7 Å². The molecule has 0 radical (unpaired) electrons. The Morgan fingerprint density at radius 3 is 2.76 bits per heavy atom. The highest BCUT2D eigenvalue weighted by molar-refractivity contribution is 5.84. The average molecular weight is 404 g/mol. The van der Waals surface area contributed by atoms with Crippen LogP contribution in [0.4, 0.5) is 8.78 Å². The summed E-state index contributed by atoms with van der Waals surface area (Å²) in [7, 11) is 1.59. The molecule has 0 amide bonds. The van der Waals surface area contributed by atoms with Crippen LogP contribution in [-0.2, 0) is 9.53 Å². The van der Waals surface area contributed by atoms with Gasteiger partial charge in [0.05, 0.1) is 18.7 Å². The fourth-order valence-electron chi connectivity index (χ4n) is 5.01. The minimum atomic E-state index is -2.71. The van der Waals surface area contributed by atoms with Gasteiger partial charge in [-0.2, -0.15) is 0 Å². The van der Waals surface area contributed by atoms with Gasteiger partial charge in [0.1, 0.15) is 11.9 Å². The summed E-state index contributed by atoms with van der Waals surface area (Å²) in [5.74, 6) is -3.14. The highest BCUT2D eigenvalue weighted by Crippen LogP contribution is 2.47. The predicted molar refractivity (Wildman–Crippen MR) is 105 cm³/mol. The molecule has 1 aromatic heterocycles. The summed E-state index contributed by atoms with van der Waals surface area (Å²) >= 11 is 0. The lowest BCUT2D eigenvalue weighted by molar-refractivity contribution is -0.166. The van der Waals surface area contributed by atoms with Crippen LogP contribution in [0.3, 0.4) is 0 Å². The van der Waals surface area contributed by atoms with Crippen molar-refractivity contribution in [1.82, 2.24) is 9.88 Å². The van der Waals surface area contributed by atoms with Crippen molar-refractivity contribution in [3.05, 3.63) is 36.0 Å². The number of pyridine rings is 1. The van der Waals surface area contributed by atoms with Gasteiger partial charge in [-0.05, 0) is 56.5 Å². The molecule has 1 unspecified atom stereocenters. The number of aromatic nitrogens is 1. The molecule has 4 heterocycles. The highest BCUT2D eigenvalue weighted by Gasteiger charge is 2.51. The van der Waals surface area contributed by atoms with Crippen LogP contribution in [-0.4, -0.2) is 48.0 Å². The molecule has 3 aliphatic rings. The Bertz CT molecular complexity index is 915. The van der Waals surface area contributed by atoms with E-state index in [9.17, 15) is 13.6 Å². The number of alkyl halides is 2. The second-order valence-electron chi connectivity index (χ2n) is 8.22. The van der Waals surface area contributed by atoms with Crippen molar-refractivity contribution in [2.24, 2.45) is 11.8 Å². The van der Waals surface area contributed by atoms with Crippen LogP contribution in [0.25, 0.3) is 10.9 Å². The van der Waals surface area contributed by atoms with Crippen molar-refractivity contribution < 1.29 is 23.0 Å². The van der Waals surface area contributed by atoms with Crippen molar-refractivity contribution in [1.29, 1.82) is 0 Å². The van der Waals surface area contributed by atoms with E-state index in [1.165, 1.54) is 6.92 Å². The number of esters is 1. The summed E-state index contributed by atoms with van der Waals surface area (Å²) in [5, 5.41) is 0.845. The van der Waals surface area contributed by atoms with E-state index in [2.05, 4.69) is 9.88 Å². The molecule has 7 heteroatoms. The number of ether oxygens (including phenoxy) is 2. The molecule has 29 heavy (non-hydrogen) atoms. The van der Waals surface area contributed by atoms with Gasteiger partial charge >= 0.3 is 5.97 Å². The van der Waals surface area contributed by atoms with E-state index in [4.69, 9.17) is 9.47 Å². The van der Waals surface area contributed by atoms with Crippen molar-refractivity contribution in [2.75, 3.05) is 20.2 Å². The number of halogens is 2. The molecule has 5 atom stereocenters. The van der Waals surface area contributed by atoms with Crippen molar-refractivity contribution in [2.45, 2.75) is 44.8 Å². The van der Waals surface area contributed by atoms with Crippen LogP contribution < -0.4 is 4.74 Å². The number of fused-ring (bicyclic) bond motifs is 4. The van der Waals surface area contributed by atoms with Gasteiger partial charge < -0.3 is 9.47 Å². The second-order valence-corrected chi connectivity index (χ2v) is 8.22. The predicted octanol–water partition coefficient (Wildman–Crippen LogP) is 4.21. The number of nitrogens with zero attached hydrogens (tertiary/aromatic N) is 2. The maximum absolute atomic E-state index is 14.1. The largest absolute Gasteiger partial charge is 0.497 e. The van der Waals surface area contributed by atoms with Crippen LogP contribution >= 0.6 is 0 Å². The molecular weight excluding hydrogens is 378 g/mol. The normalized spacial score (nSPS) is 27.6. The van der Waals surface area contributed by atoms with Gasteiger partial charge in [0.15, 0.2) is 0 Å². The van der Waals surface area contributed by atoms with Crippen molar-refractivity contribution in [3.8, 4) is 5.75 Å². The van der Waals surface area contributed by atoms with Gasteiger partial charge in [0.2, 0.25) is 5.92 Å². The average Bonchev–Trinajstić information content (AvgIpc) is 2.70. The molecule has 2 bridgehead atoms. The Morgan fingerprint density at radius 1 is 1.34 bits per heavy atom. The Labute approximate surface area is 169 Å². The minimum Gasteiger partial charge on any atom is -0.497 e. The maximum atomic E-state index is 14.1. The van der Waals surface area contributed by atoms with E-state index in [1.54, 1.807) is 13.3 Å². The Morgan fingerprint density at radius 2 is 2.14 bits per heavy atom. The fraction of sp³-hybridized carbons (Fsp3) is 0.545. The maximum Gasteiger partial charge on any atom is 0.303 e. The van der Waals surface area contributed by atoms with E-state index in [0.29, 0.717) is 18.7 Å². The lowest BCUT2D eigenvalue weighted by atomic mass is 9.71. The number of rotatable bonds is 5. The lowest BCUT2D eigenvalue weighted by Crippen LogP contribution is -2.59. The summed E-state index contributed by atoms with van der Waals surface area (Å²) in [6.07, 6.45) is 2.49. The lowest BCUT2D eigenvalue weighted by Gasteiger charge is -2.52. The molecule has 2 aromatic rings. The minimum absolute atomic E-state index is 0.0781. The van der Waals surface area contributed by atoms with Gasteiger partial charge in [-0.1, -0.05) is 0 Å². The van der Waals surface area contributed by atoms with E-state index in [1.807, 2.05) is 24.3 Å². The summed E-state index contributed by atoms with van der Waals surface area (Å²) < 4.78 is 39.3. The SMILES string of the molecule is COc1ccc2nccc([C@@H](OC(C)=O)[C@@H]3C[C@@H]4CCN3C[C@H]4C(C)(F)F)c2c1. The number of piperidine rings is 3. The Hall–Kier alpha value is -2.28. The third-order valence-corrected chi connectivity index (χ3v) is 6.38. The van der Waals surface area contributed by atoms with Gasteiger partial charge in [-0.15, -0.1) is 0 Å². The molecule has 0 aliphatic carbocycles. The fourth-order valence-corrected chi connectivity index (χ4v) is 5.01. The second kappa shape index (κ2) is 7.52. The van der Waals surface area contributed by atoms with E-state index >= 15 is 0 Å². The van der Waals surface area contributed by atoms with E-state index in [-0.39, 0.29) is 17.9 Å². The zero-order valence-electron chi connectivity index (χ0n) is 16.9. The van der Waals surface area contributed by atoms with Gasteiger partial charge in [0.25, 0.3) is 0 Å². The summed E-state index contributed by atoms with van der Waals surface area (Å²) in [6, 6.07) is 7.30. The van der Waals surface area contributed by atoms with Gasteiger partial charge in [0, 0.05) is 36.5 Å². The van der Waals surface area contributed by atoms with Gasteiger partial charge in [-0.25, -0.2) is 8.78 Å². The zero-order chi connectivity index (χ0) is 20.8. The third-order valence-electron chi connectivity index (χ3n) is 6.38.